The summed E-state index contributed by atoms with van der Waals surface area (Å²) < 4.78 is 0. The second kappa shape index (κ2) is 7.77. The third-order valence-corrected chi connectivity index (χ3v) is 4.13. The number of Topliss-reactive ketones (excluding diaryl/α,β-unsaturated/α-hetero) is 1. The van der Waals surface area contributed by atoms with Crippen molar-refractivity contribution in [1.29, 1.82) is 5.26 Å². The van der Waals surface area contributed by atoms with Crippen molar-refractivity contribution in [2.75, 3.05) is 18.0 Å². The fourth-order valence-corrected chi connectivity index (χ4v) is 2.95. The van der Waals surface area contributed by atoms with Crippen molar-refractivity contribution < 1.29 is 9.59 Å². The van der Waals surface area contributed by atoms with Gasteiger partial charge in [0.25, 0.3) is 0 Å². The Morgan fingerprint density at radius 1 is 1.43 bits per heavy atom. The molecule has 1 atom stereocenters. The van der Waals surface area contributed by atoms with Gasteiger partial charge in [0.2, 0.25) is 5.91 Å². The number of hydrogen-bond acceptors (Lipinski definition) is 4. The van der Waals surface area contributed by atoms with Crippen LogP contribution in [0.3, 0.4) is 0 Å². The van der Waals surface area contributed by atoms with Crippen LogP contribution in [0.2, 0.25) is 0 Å². The predicted molar refractivity (Wildman–Crippen MR) is 89.4 cm³/mol. The summed E-state index contributed by atoms with van der Waals surface area (Å²) in [6.45, 7) is 5.01. The minimum absolute atomic E-state index is 0.0134. The fourth-order valence-electron chi connectivity index (χ4n) is 2.95. The number of carbonyl (C=O) groups excluding carboxylic acids is 2. The van der Waals surface area contributed by atoms with Crippen LogP contribution < -0.4 is 10.2 Å². The Morgan fingerprint density at radius 3 is 2.87 bits per heavy atom. The minimum atomic E-state index is -0.0134. The van der Waals surface area contributed by atoms with E-state index in [9.17, 15) is 14.9 Å². The van der Waals surface area contributed by atoms with Gasteiger partial charge in [0.15, 0.2) is 5.78 Å². The molecule has 1 aliphatic heterocycles. The monoisotopic (exact) mass is 313 g/mol. The maximum atomic E-state index is 11.8. The fraction of sp³-hybridized carbons (Fsp3) is 0.500. The first-order valence-electron chi connectivity index (χ1n) is 8.14. The lowest BCUT2D eigenvalue weighted by Gasteiger charge is -2.35. The number of benzene rings is 1. The second-order valence-electron chi connectivity index (χ2n) is 6.00. The van der Waals surface area contributed by atoms with E-state index in [0.717, 1.165) is 31.5 Å². The summed E-state index contributed by atoms with van der Waals surface area (Å²) in [5.41, 5.74) is 1.96. The zero-order valence-corrected chi connectivity index (χ0v) is 13.8. The number of ketones is 1. The number of amides is 1. The van der Waals surface area contributed by atoms with E-state index in [1.807, 2.05) is 6.92 Å². The molecule has 1 saturated heterocycles. The van der Waals surface area contributed by atoms with Crippen LogP contribution in [0.25, 0.3) is 0 Å². The van der Waals surface area contributed by atoms with Crippen LogP contribution in [0, 0.1) is 11.3 Å². The number of nitrogens with zero attached hydrogens (tertiary/aromatic N) is 2. The molecule has 5 heteroatoms. The van der Waals surface area contributed by atoms with Crippen LogP contribution in [-0.4, -0.2) is 30.8 Å². The van der Waals surface area contributed by atoms with Gasteiger partial charge in [0, 0.05) is 31.1 Å². The number of piperidine rings is 1. The first-order valence-corrected chi connectivity index (χ1v) is 8.14. The van der Waals surface area contributed by atoms with Gasteiger partial charge in [-0.05, 0) is 44.4 Å². The van der Waals surface area contributed by atoms with Crippen molar-refractivity contribution in [3.8, 4) is 6.07 Å². The third kappa shape index (κ3) is 4.32. The molecule has 0 radical (unpaired) electrons. The number of carbonyl (C=O) groups is 2. The zero-order valence-electron chi connectivity index (χ0n) is 13.8. The largest absolute Gasteiger partial charge is 0.368 e. The molecule has 122 valence electrons. The van der Waals surface area contributed by atoms with E-state index < -0.39 is 0 Å². The lowest BCUT2D eigenvalue weighted by molar-refractivity contribution is -0.121. The molecule has 1 unspecified atom stereocenters. The van der Waals surface area contributed by atoms with Crippen LogP contribution in [0.15, 0.2) is 18.2 Å². The Balaban J connectivity index is 2.17. The molecule has 1 aromatic carbocycles. The number of anilines is 1. The van der Waals surface area contributed by atoms with Crippen LogP contribution in [-0.2, 0) is 4.79 Å². The number of nitrogens with one attached hydrogen (secondary N) is 1. The Hall–Kier alpha value is -2.35. The molecule has 1 aliphatic rings. The van der Waals surface area contributed by atoms with Gasteiger partial charge >= 0.3 is 0 Å². The summed E-state index contributed by atoms with van der Waals surface area (Å²) >= 11 is 0. The maximum Gasteiger partial charge on any atom is 0.220 e. The average Bonchev–Trinajstić information content (AvgIpc) is 2.54. The van der Waals surface area contributed by atoms with E-state index in [4.69, 9.17) is 0 Å². The summed E-state index contributed by atoms with van der Waals surface area (Å²) in [7, 11) is 0. The average molecular weight is 313 g/mol. The molecule has 0 spiro atoms. The second-order valence-corrected chi connectivity index (χ2v) is 6.00. The van der Waals surface area contributed by atoms with Gasteiger partial charge in [0.1, 0.15) is 6.07 Å². The molecular weight excluding hydrogens is 290 g/mol. The first kappa shape index (κ1) is 17.0. The first-order chi connectivity index (χ1) is 11.0. The van der Waals surface area contributed by atoms with E-state index in [1.54, 1.807) is 18.2 Å². The highest BCUT2D eigenvalue weighted by Gasteiger charge is 2.23. The maximum absolute atomic E-state index is 11.8. The Bertz CT molecular complexity index is 634. The van der Waals surface area contributed by atoms with Crippen molar-refractivity contribution in [3.05, 3.63) is 29.3 Å². The minimum Gasteiger partial charge on any atom is -0.368 e. The van der Waals surface area contributed by atoms with E-state index in [1.165, 1.54) is 6.92 Å². The van der Waals surface area contributed by atoms with Crippen LogP contribution >= 0.6 is 0 Å². The van der Waals surface area contributed by atoms with Crippen molar-refractivity contribution in [2.24, 2.45) is 0 Å². The lowest BCUT2D eigenvalue weighted by Crippen LogP contribution is -2.48. The summed E-state index contributed by atoms with van der Waals surface area (Å²) in [5.74, 6) is 0.0675. The summed E-state index contributed by atoms with van der Waals surface area (Å²) in [6.07, 6.45) is 3.27. The highest BCUT2D eigenvalue weighted by molar-refractivity contribution is 5.95. The molecule has 5 nitrogen and oxygen atoms in total. The van der Waals surface area contributed by atoms with Crippen molar-refractivity contribution >= 4 is 17.4 Å². The van der Waals surface area contributed by atoms with Crippen molar-refractivity contribution in [3.63, 3.8) is 0 Å². The lowest BCUT2D eigenvalue weighted by atomic mass is 10.0. The van der Waals surface area contributed by atoms with Gasteiger partial charge in [0.05, 0.1) is 11.3 Å². The summed E-state index contributed by atoms with van der Waals surface area (Å²) in [6, 6.07) is 7.47. The quantitative estimate of drug-likeness (QED) is 0.848. The zero-order chi connectivity index (χ0) is 16.8. The number of nitriles is 1. The van der Waals surface area contributed by atoms with Gasteiger partial charge < -0.3 is 10.2 Å². The Kier molecular flexibility index (Phi) is 5.75. The number of hydrogen-bond donors (Lipinski definition) is 1. The molecule has 0 aliphatic carbocycles. The molecule has 1 aromatic rings. The topological polar surface area (TPSA) is 73.2 Å². The molecule has 0 aromatic heterocycles. The molecule has 0 saturated carbocycles. The van der Waals surface area contributed by atoms with E-state index in [0.29, 0.717) is 24.1 Å². The summed E-state index contributed by atoms with van der Waals surface area (Å²) in [4.78, 5) is 25.5. The highest BCUT2D eigenvalue weighted by atomic mass is 16.1. The van der Waals surface area contributed by atoms with Crippen LogP contribution in [0.4, 0.5) is 5.69 Å². The molecule has 1 N–H and O–H groups in total. The highest BCUT2D eigenvalue weighted by Crippen LogP contribution is 2.25. The normalized spacial score (nSPS) is 17.4. The molecule has 1 amide bonds. The van der Waals surface area contributed by atoms with Gasteiger partial charge in [-0.3, -0.25) is 9.59 Å². The van der Waals surface area contributed by atoms with E-state index >= 15 is 0 Å². The predicted octanol–water partition coefficient (Wildman–Crippen LogP) is 2.65. The standard InChI is InChI=1S/C18H23N3O2/c1-3-5-18(23)20-16-6-4-9-21(12-16)17-10-14(13(2)22)7-8-15(17)11-19/h7-8,10,16H,3-6,9,12H2,1-2H3,(H,20,23). The van der Waals surface area contributed by atoms with Crippen molar-refractivity contribution in [2.45, 2.75) is 45.6 Å². The number of rotatable bonds is 5. The van der Waals surface area contributed by atoms with Crippen LogP contribution in [0.1, 0.15) is 55.5 Å². The van der Waals surface area contributed by atoms with Gasteiger partial charge in [-0.2, -0.15) is 5.26 Å². The smallest absolute Gasteiger partial charge is 0.220 e. The van der Waals surface area contributed by atoms with E-state index in [-0.39, 0.29) is 17.7 Å². The van der Waals surface area contributed by atoms with Crippen molar-refractivity contribution in [1.82, 2.24) is 5.32 Å². The molecule has 0 bridgehead atoms. The summed E-state index contributed by atoms with van der Waals surface area (Å²) in [5, 5.41) is 12.4. The Morgan fingerprint density at radius 2 is 2.22 bits per heavy atom. The Labute approximate surface area is 137 Å². The molecule has 1 heterocycles. The van der Waals surface area contributed by atoms with Gasteiger partial charge in [-0.15, -0.1) is 0 Å². The molecular formula is C18H23N3O2. The molecule has 1 fully saturated rings. The van der Waals surface area contributed by atoms with Gasteiger partial charge in [-0.1, -0.05) is 6.92 Å². The van der Waals surface area contributed by atoms with Gasteiger partial charge in [-0.25, -0.2) is 0 Å². The van der Waals surface area contributed by atoms with Crippen LogP contribution in [0.5, 0.6) is 0 Å². The SMILES string of the molecule is CCCC(=O)NC1CCCN(c2cc(C(C)=O)ccc2C#N)C1. The molecule has 23 heavy (non-hydrogen) atoms. The molecule has 2 rings (SSSR count). The third-order valence-electron chi connectivity index (χ3n) is 4.13. The van der Waals surface area contributed by atoms with E-state index in [2.05, 4.69) is 16.3 Å².